The first-order valence-corrected chi connectivity index (χ1v) is 18.8. The number of carbonyl (C=O) groups excluding carboxylic acids is 2. The third-order valence-corrected chi connectivity index (χ3v) is 13.8. The van der Waals surface area contributed by atoms with Crippen LogP contribution in [0.3, 0.4) is 0 Å². The maximum atomic E-state index is 14.0. The van der Waals surface area contributed by atoms with Gasteiger partial charge in [0.2, 0.25) is 5.95 Å². The molecule has 8 atom stereocenters. The van der Waals surface area contributed by atoms with Crippen LogP contribution in [0.4, 0.5) is 10.1 Å². The molecular formula is C34H45BrFN3O8S. The molecule has 2 aromatic heterocycles. The van der Waals surface area contributed by atoms with Crippen molar-refractivity contribution in [2.45, 2.75) is 88.9 Å². The largest absolute Gasteiger partial charge is 0.393 e. The molecule has 0 aromatic carbocycles. The van der Waals surface area contributed by atoms with Gasteiger partial charge in [0, 0.05) is 41.2 Å². The van der Waals surface area contributed by atoms with Crippen molar-refractivity contribution in [1.82, 2.24) is 9.97 Å². The van der Waals surface area contributed by atoms with Gasteiger partial charge in [0.1, 0.15) is 30.4 Å². The summed E-state index contributed by atoms with van der Waals surface area (Å²) in [5.41, 5.74) is -2.62. The molecule has 2 heterocycles. The van der Waals surface area contributed by atoms with Crippen LogP contribution < -0.4 is 4.31 Å². The van der Waals surface area contributed by atoms with Gasteiger partial charge in [0.15, 0.2) is 10.8 Å². The number of sulfonamides is 1. The topological polar surface area (TPSA) is 167 Å². The van der Waals surface area contributed by atoms with Gasteiger partial charge in [0.05, 0.1) is 6.10 Å². The number of aromatic nitrogens is 2. The van der Waals surface area contributed by atoms with Crippen molar-refractivity contribution < 1.29 is 42.5 Å². The smallest absolute Gasteiger partial charge is 0.283 e. The lowest BCUT2D eigenvalue weighted by Crippen LogP contribution is -2.62. The van der Waals surface area contributed by atoms with Crippen LogP contribution in [0.15, 0.2) is 46.2 Å². The minimum absolute atomic E-state index is 0.0154. The fourth-order valence-corrected chi connectivity index (χ4v) is 10.9. The minimum atomic E-state index is -4.07. The van der Waals surface area contributed by atoms with E-state index in [2.05, 4.69) is 32.8 Å². The Morgan fingerprint density at radius 1 is 1.17 bits per heavy atom. The van der Waals surface area contributed by atoms with Gasteiger partial charge in [-0.25, -0.2) is 14.3 Å². The Bertz CT molecular complexity index is 1620. The molecule has 0 aliphatic heterocycles. The van der Waals surface area contributed by atoms with Gasteiger partial charge in [0.25, 0.3) is 10.0 Å². The molecule has 0 radical (unpaired) electrons. The second kappa shape index (κ2) is 14.1. The first-order chi connectivity index (χ1) is 22.6. The summed E-state index contributed by atoms with van der Waals surface area (Å²) in [5, 5.41) is 30.4. The fourth-order valence-electron chi connectivity index (χ4n) is 9.29. The van der Waals surface area contributed by atoms with Crippen molar-refractivity contribution in [3.8, 4) is 0 Å². The standard InChI is InChI=1S/C21H32O5.C13H13BrFN3O3S/c1-19-7-5-13(23)9-12(19)3-4-14-15-6-8-21(26,17(25)11-22)20(15,2)10-16(24)18(14)19;1-2-21-9-18(11-7-10(14)8-17-13(11)15)22(19,20)12-5-3-4-6-16-12/h12-15,18,22-23,26H,3-11H2,1-2H3;3-8H,2,9H2,1H3/t12-,13-,14+,15+,18-,19+,20+,21+;/m1./s1. The molecule has 48 heavy (non-hydrogen) atoms. The van der Waals surface area contributed by atoms with Gasteiger partial charge in [-0.3, -0.25) is 9.59 Å². The molecule has 11 nitrogen and oxygen atoms in total. The predicted octanol–water partition coefficient (Wildman–Crippen LogP) is 4.43. The summed E-state index contributed by atoms with van der Waals surface area (Å²) in [5.74, 6) is -0.535. The van der Waals surface area contributed by atoms with Gasteiger partial charge in [-0.2, -0.15) is 12.8 Å². The number of hydrogen-bond donors (Lipinski definition) is 3. The summed E-state index contributed by atoms with van der Waals surface area (Å²) in [6.07, 6.45) is 8.06. The zero-order valence-corrected chi connectivity index (χ0v) is 29.9. The zero-order valence-electron chi connectivity index (χ0n) is 27.5. The quantitative estimate of drug-likeness (QED) is 0.259. The monoisotopic (exact) mass is 753 g/mol. The van der Waals surface area contributed by atoms with E-state index in [4.69, 9.17) is 4.74 Å². The third-order valence-electron chi connectivity index (χ3n) is 11.7. The highest BCUT2D eigenvalue weighted by Crippen LogP contribution is 2.67. The van der Waals surface area contributed by atoms with Crippen molar-refractivity contribution in [1.29, 1.82) is 0 Å². The predicted molar refractivity (Wildman–Crippen MR) is 177 cm³/mol. The SMILES string of the molecule is CCOCN(c1cc(Br)cnc1F)S(=O)(=O)c1ccccn1.C[C@]12CC[C@@H](O)C[C@H]1CC[C@@H]1[C@@H]2C(=O)C[C@@]2(C)[C@H]1CC[C@]2(O)C(=O)CO. The van der Waals surface area contributed by atoms with E-state index < -0.39 is 39.4 Å². The molecule has 3 N–H and O–H groups in total. The number of hydrogen-bond acceptors (Lipinski definition) is 10. The highest BCUT2D eigenvalue weighted by atomic mass is 79.9. The third kappa shape index (κ3) is 6.37. The Labute approximate surface area is 289 Å². The van der Waals surface area contributed by atoms with E-state index in [1.807, 2.05) is 6.92 Å². The number of Topliss-reactive ketones (excluding diaryl/α,β-unsaturated/α-hetero) is 2. The lowest BCUT2D eigenvalue weighted by atomic mass is 9.44. The molecule has 0 amide bonds. The molecule has 0 unspecified atom stereocenters. The molecule has 6 rings (SSSR count). The second-order valence-corrected chi connectivity index (χ2v) is 16.8. The van der Waals surface area contributed by atoms with Crippen LogP contribution in [0, 0.1) is 40.4 Å². The molecule has 4 aliphatic rings. The number of rotatable bonds is 8. The van der Waals surface area contributed by atoms with Crippen LogP contribution in [0.25, 0.3) is 0 Å². The van der Waals surface area contributed by atoms with Gasteiger partial charge >= 0.3 is 0 Å². The Balaban J connectivity index is 0.000000191. The van der Waals surface area contributed by atoms with Crippen LogP contribution in [0.1, 0.15) is 72.1 Å². The maximum Gasteiger partial charge on any atom is 0.283 e. The molecule has 2 aromatic rings. The summed E-state index contributed by atoms with van der Waals surface area (Å²) in [6.45, 7) is 5.11. The summed E-state index contributed by atoms with van der Waals surface area (Å²) in [7, 11) is -4.07. The first kappa shape index (κ1) is 36.9. The van der Waals surface area contributed by atoms with Crippen LogP contribution in [-0.4, -0.2) is 76.9 Å². The number of fused-ring (bicyclic) bond motifs is 5. The molecule has 0 saturated heterocycles. The maximum absolute atomic E-state index is 14.0. The van der Waals surface area contributed by atoms with Gasteiger partial charge in [-0.1, -0.05) is 19.9 Å². The normalized spacial score (nSPS) is 34.2. The Morgan fingerprint density at radius 2 is 1.92 bits per heavy atom. The van der Waals surface area contributed by atoms with Crippen LogP contribution in [0.5, 0.6) is 0 Å². The lowest BCUT2D eigenvalue weighted by molar-refractivity contribution is -0.180. The number of nitrogens with zero attached hydrogens (tertiary/aromatic N) is 3. The molecule has 4 saturated carbocycles. The van der Waals surface area contributed by atoms with Gasteiger partial charge in [-0.05, 0) is 109 Å². The van der Waals surface area contributed by atoms with E-state index in [-0.39, 0.29) is 65.5 Å². The number of ketones is 2. The average molecular weight is 755 g/mol. The van der Waals surface area contributed by atoms with E-state index in [9.17, 15) is 37.7 Å². The van der Waals surface area contributed by atoms with E-state index in [1.165, 1.54) is 30.6 Å². The van der Waals surface area contributed by atoms with Crippen molar-refractivity contribution in [3.63, 3.8) is 0 Å². The van der Waals surface area contributed by atoms with Crippen LogP contribution >= 0.6 is 15.9 Å². The summed E-state index contributed by atoms with van der Waals surface area (Å²) in [4.78, 5) is 33.1. The lowest BCUT2D eigenvalue weighted by Gasteiger charge is -2.60. The zero-order chi connectivity index (χ0) is 35.1. The summed E-state index contributed by atoms with van der Waals surface area (Å²) < 4.78 is 45.7. The first-order valence-electron chi connectivity index (χ1n) is 16.5. The fraction of sp³-hybridized carbons (Fsp3) is 0.647. The number of halogens is 2. The van der Waals surface area contributed by atoms with Crippen molar-refractivity contribution in [3.05, 3.63) is 47.1 Å². The molecule has 4 fully saturated rings. The highest BCUT2D eigenvalue weighted by molar-refractivity contribution is 9.10. The van der Waals surface area contributed by atoms with E-state index >= 15 is 0 Å². The Kier molecular flexibility index (Phi) is 10.8. The van der Waals surface area contributed by atoms with E-state index in [1.54, 1.807) is 13.0 Å². The molecule has 14 heteroatoms. The summed E-state index contributed by atoms with van der Waals surface area (Å²) in [6, 6.07) is 5.78. The number of aliphatic hydroxyl groups excluding tert-OH is 2. The molecule has 0 bridgehead atoms. The second-order valence-electron chi connectivity index (χ2n) is 14.1. The molecule has 4 aliphatic carbocycles. The van der Waals surface area contributed by atoms with E-state index in [0.717, 1.165) is 42.8 Å². The van der Waals surface area contributed by atoms with Crippen LogP contribution in [0.2, 0.25) is 0 Å². The average Bonchev–Trinajstić information content (AvgIpc) is 3.33. The number of aliphatic hydroxyl groups is 3. The van der Waals surface area contributed by atoms with Gasteiger partial charge in [-0.15, -0.1) is 0 Å². The Hall–Kier alpha value is -2.36. The van der Waals surface area contributed by atoms with Gasteiger partial charge < -0.3 is 20.1 Å². The van der Waals surface area contributed by atoms with E-state index in [0.29, 0.717) is 16.8 Å². The number of pyridine rings is 2. The molecular weight excluding hydrogens is 709 g/mol. The highest BCUT2D eigenvalue weighted by Gasteiger charge is 2.68. The minimum Gasteiger partial charge on any atom is -0.393 e. The number of ether oxygens (including phenoxy) is 1. The van der Waals surface area contributed by atoms with Crippen LogP contribution in [-0.2, 0) is 24.3 Å². The van der Waals surface area contributed by atoms with Crippen molar-refractivity contribution >= 4 is 43.2 Å². The van der Waals surface area contributed by atoms with Crippen molar-refractivity contribution in [2.75, 3.05) is 24.2 Å². The molecule has 0 spiro atoms. The number of carbonyl (C=O) groups is 2. The molecule has 264 valence electrons. The summed E-state index contributed by atoms with van der Waals surface area (Å²) >= 11 is 3.15. The number of anilines is 1. The Morgan fingerprint density at radius 3 is 2.58 bits per heavy atom. The van der Waals surface area contributed by atoms with Crippen molar-refractivity contribution in [2.24, 2.45) is 34.5 Å².